The number of anilines is 2. The van der Waals surface area contributed by atoms with Gasteiger partial charge in [0.2, 0.25) is 5.91 Å². The Morgan fingerprint density at radius 2 is 1.93 bits per heavy atom. The lowest BCUT2D eigenvalue weighted by atomic mass is 10.2. The molecule has 1 aliphatic heterocycles. The standard InChI is InChI=1S/C19H19N7O2S/c27-17(26-9-7-25(8-10-26)16-3-1-2-4-22-16)11-14-13-29-19(23-14)24-18(28)15-12-20-5-6-21-15/h1-6,12-13H,7-11H2,(H,23,24,28). The van der Waals surface area contributed by atoms with Crippen LogP contribution in [0.1, 0.15) is 16.2 Å². The van der Waals surface area contributed by atoms with Crippen LogP contribution in [0.2, 0.25) is 0 Å². The molecular formula is C19H19N7O2S. The number of piperazine rings is 1. The van der Waals surface area contributed by atoms with Crippen molar-refractivity contribution in [1.82, 2.24) is 24.8 Å². The number of carbonyl (C=O) groups excluding carboxylic acids is 2. The highest BCUT2D eigenvalue weighted by atomic mass is 32.1. The molecule has 1 N–H and O–H groups in total. The number of thiazole rings is 1. The summed E-state index contributed by atoms with van der Waals surface area (Å²) in [7, 11) is 0. The molecule has 1 aliphatic rings. The monoisotopic (exact) mass is 409 g/mol. The van der Waals surface area contributed by atoms with Crippen LogP contribution < -0.4 is 10.2 Å². The summed E-state index contributed by atoms with van der Waals surface area (Å²) in [5.74, 6) is 0.585. The minimum atomic E-state index is -0.379. The van der Waals surface area contributed by atoms with Crippen LogP contribution in [0, 0.1) is 0 Å². The number of amides is 2. The Bertz CT molecular complexity index is 972. The van der Waals surface area contributed by atoms with Crippen LogP contribution in [-0.4, -0.2) is 62.8 Å². The Balaban J connectivity index is 1.29. The average molecular weight is 409 g/mol. The lowest BCUT2D eigenvalue weighted by Crippen LogP contribution is -2.49. The van der Waals surface area contributed by atoms with Crippen LogP contribution in [0.5, 0.6) is 0 Å². The molecule has 1 saturated heterocycles. The molecule has 4 rings (SSSR count). The van der Waals surface area contributed by atoms with Crippen LogP contribution in [0.3, 0.4) is 0 Å². The highest BCUT2D eigenvalue weighted by Gasteiger charge is 2.22. The first-order chi connectivity index (χ1) is 14.2. The zero-order valence-electron chi connectivity index (χ0n) is 15.6. The van der Waals surface area contributed by atoms with Crippen molar-refractivity contribution in [2.24, 2.45) is 0 Å². The second-order valence-corrected chi connectivity index (χ2v) is 7.28. The SMILES string of the molecule is O=C(Nc1nc(CC(=O)N2CCN(c3ccccn3)CC2)cs1)c1cnccn1. The van der Waals surface area contributed by atoms with Gasteiger partial charge in [-0.3, -0.25) is 19.9 Å². The fraction of sp³-hybridized carbons (Fsp3) is 0.263. The van der Waals surface area contributed by atoms with Gasteiger partial charge in [0.05, 0.1) is 18.3 Å². The predicted molar refractivity (Wildman–Crippen MR) is 109 cm³/mol. The van der Waals surface area contributed by atoms with E-state index in [9.17, 15) is 9.59 Å². The summed E-state index contributed by atoms with van der Waals surface area (Å²) in [4.78, 5) is 45.3. The van der Waals surface area contributed by atoms with Crippen LogP contribution in [0.4, 0.5) is 10.9 Å². The van der Waals surface area contributed by atoms with Crippen molar-refractivity contribution in [3.05, 3.63) is 59.8 Å². The largest absolute Gasteiger partial charge is 0.353 e. The average Bonchev–Trinajstić information content (AvgIpc) is 3.21. The molecule has 0 unspecified atom stereocenters. The maximum Gasteiger partial charge on any atom is 0.277 e. The fourth-order valence-corrected chi connectivity index (χ4v) is 3.72. The van der Waals surface area contributed by atoms with Gasteiger partial charge in [0, 0.05) is 50.1 Å². The van der Waals surface area contributed by atoms with Crippen molar-refractivity contribution in [3.63, 3.8) is 0 Å². The molecule has 2 amide bonds. The lowest BCUT2D eigenvalue weighted by Gasteiger charge is -2.35. The van der Waals surface area contributed by atoms with E-state index in [1.165, 1.54) is 29.9 Å². The van der Waals surface area contributed by atoms with Gasteiger partial charge in [-0.15, -0.1) is 11.3 Å². The number of nitrogens with one attached hydrogen (secondary N) is 1. The van der Waals surface area contributed by atoms with E-state index in [-0.39, 0.29) is 23.9 Å². The van der Waals surface area contributed by atoms with Gasteiger partial charge in [-0.05, 0) is 12.1 Å². The summed E-state index contributed by atoms with van der Waals surface area (Å²) in [6, 6.07) is 5.83. The highest BCUT2D eigenvalue weighted by molar-refractivity contribution is 7.14. The lowest BCUT2D eigenvalue weighted by molar-refractivity contribution is -0.130. The smallest absolute Gasteiger partial charge is 0.277 e. The Labute approximate surface area is 171 Å². The van der Waals surface area contributed by atoms with Crippen molar-refractivity contribution in [1.29, 1.82) is 0 Å². The summed E-state index contributed by atoms with van der Waals surface area (Å²) in [5.41, 5.74) is 0.854. The highest BCUT2D eigenvalue weighted by Crippen LogP contribution is 2.18. The Hall–Kier alpha value is -3.40. The number of aromatic nitrogens is 4. The summed E-state index contributed by atoms with van der Waals surface area (Å²) in [6.07, 6.45) is 6.32. The molecule has 4 heterocycles. The van der Waals surface area contributed by atoms with Gasteiger partial charge in [0.15, 0.2) is 5.13 Å². The molecule has 9 nitrogen and oxygen atoms in total. The molecule has 148 valence electrons. The van der Waals surface area contributed by atoms with E-state index < -0.39 is 0 Å². The molecule has 0 atom stereocenters. The van der Waals surface area contributed by atoms with Gasteiger partial charge < -0.3 is 9.80 Å². The molecule has 1 fully saturated rings. The molecule has 10 heteroatoms. The molecule has 0 spiro atoms. The van der Waals surface area contributed by atoms with Crippen LogP contribution in [0.15, 0.2) is 48.4 Å². The first-order valence-electron chi connectivity index (χ1n) is 9.14. The second-order valence-electron chi connectivity index (χ2n) is 6.42. The number of carbonyl (C=O) groups is 2. The molecule has 0 saturated carbocycles. The molecule has 0 aliphatic carbocycles. The number of hydrogen-bond acceptors (Lipinski definition) is 8. The molecule has 29 heavy (non-hydrogen) atoms. The van der Waals surface area contributed by atoms with E-state index in [2.05, 4.69) is 30.2 Å². The van der Waals surface area contributed by atoms with Crippen LogP contribution in [0.25, 0.3) is 0 Å². The van der Waals surface area contributed by atoms with Gasteiger partial charge in [-0.25, -0.2) is 15.0 Å². The van der Waals surface area contributed by atoms with Gasteiger partial charge in [0.1, 0.15) is 11.5 Å². The minimum absolute atomic E-state index is 0.0303. The second kappa shape index (κ2) is 8.74. The molecule has 3 aromatic heterocycles. The van der Waals surface area contributed by atoms with Gasteiger partial charge in [-0.1, -0.05) is 6.07 Å². The van der Waals surface area contributed by atoms with E-state index in [1.807, 2.05) is 23.1 Å². The fourth-order valence-electron chi connectivity index (χ4n) is 3.02. The van der Waals surface area contributed by atoms with E-state index in [1.54, 1.807) is 11.6 Å². The van der Waals surface area contributed by atoms with E-state index >= 15 is 0 Å². The Kier molecular flexibility index (Phi) is 5.71. The van der Waals surface area contributed by atoms with Crippen molar-refractivity contribution in [3.8, 4) is 0 Å². The van der Waals surface area contributed by atoms with Crippen molar-refractivity contribution in [2.75, 3.05) is 36.4 Å². The van der Waals surface area contributed by atoms with Gasteiger partial charge >= 0.3 is 0 Å². The number of rotatable bonds is 5. The van der Waals surface area contributed by atoms with Gasteiger partial charge in [-0.2, -0.15) is 0 Å². The molecular weight excluding hydrogens is 390 g/mol. The topological polar surface area (TPSA) is 104 Å². The molecule has 0 radical (unpaired) electrons. The zero-order chi connectivity index (χ0) is 20.1. The molecule has 3 aromatic rings. The zero-order valence-corrected chi connectivity index (χ0v) is 16.4. The van der Waals surface area contributed by atoms with E-state index in [0.717, 1.165) is 18.9 Å². The third kappa shape index (κ3) is 4.72. The normalized spacial score (nSPS) is 13.9. The van der Waals surface area contributed by atoms with Crippen molar-refractivity contribution < 1.29 is 9.59 Å². The van der Waals surface area contributed by atoms with Crippen LogP contribution >= 0.6 is 11.3 Å². The van der Waals surface area contributed by atoms with Crippen molar-refractivity contribution in [2.45, 2.75) is 6.42 Å². The first-order valence-corrected chi connectivity index (χ1v) is 10.0. The third-order valence-corrected chi connectivity index (χ3v) is 5.31. The molecule has 0 aromatic carbocycles. The number of nitrogens with zero attached hydrogens (tertiary/aromatic N) is 6. The number of pyridine rings is 1. The third-order valence-electron chi connectivity index (χ3n) is 4.51. The Morgan fingerprint density at radius 3 is 2.66 bits per heavy atom. The Morgan fingerprint density at radius 1 is 1.07 bits per heavy atom. The maximum absolute atomic E-state index is 12.6. The van der Waals surface area contributed by atoms with Gasteiger partial charge in [0.25, 0.3) is 5.91 Å². The first kappa shape index (κ1) is 18.9. The summed E-state index contributed by atoms with van der Waals surface area (Å²) in [5, 5.41) is 4.90. The molecule has 0 bridgehead atoms. The maximum atomic E-state index is 12.6. The summed E-state index contributed by atoms with van der Waals surface area (Å²) in [6.45, 7) is 2.80. The van der Waals surface area contributed by atoms with E-state index in [0.29, 0.717) is 23.9 Å². The summed E-state index contributed by atoms with van der Waals surface area (Å²) < 4.78 is 0. The number of hydrogen-bond donors (Lipinski definition) is 1. The minimum Gasteiger partial charge on any atom is -0.353 e. The van der Waals surface area contributed by atoms with Crippen LogP contribution in [-0.2, 0) is 11.2 Å². The summed E-state index contributed by atoms with van der Waals surface area (Å²) >= 11 is 1.28. The van der Waals surface area contributed by atoms with Crippen molar-refractivity contribution >= 4 is 34.1 Å². The quantitative estimate of drug-likeness (QED) is 0.680. The van der Waals surface area contributed by atoms with E-state index in [4.69, 9.17) is 0 Å². The predicted octanol–water partition coefficient (Wildman–Crippen LogP) is 1.47.